The average Bonchev–Trinajstić information content (AvgIpc) is 2.78. The van der Waals surface area contributed by atoms with E-state index in [1.54, 1.807) is 71.9 Å². The number of hydrogen-bond acceptors (Lipinski definition) is 9. The summed E-state index contributed by atoms with van der Waals surface area (Å²) in [6.07, 6.45) is -1.28. The summed E-state index contributed by atoms with van der Waals surface area (Å²) in [6.45, 7) is 22.5. The van der Waals surface area contributed by atoms with Crippen molar-refractivity contribution in [1.29, 1.82) is 0 Å². The van der Waals surface area contributed by atoms with Crippen LogP contribution in [-0.4, -0.2) is 39.7 Å². The lowest BCUT2D eigenvalue weighted by molar-refractivity contribution is 0.0221. The first-order valence-electron chi connectivity index (χ1n) is 13.9. The van der Waals surface area contributed by atoms with Crippen molar-refractivity contribution in [3.05, 3.63) is 59.2 Å². The maximum Gasteiger partial charge on any atom is 0.531 e. The Kier molecular flexibility index (Phi) is 11.5. The summed E-state index contributed by atoms with van der Waals surface area (Å²) in [5, 5.41) is 10.8. The van der Waals surface area contributed by atoms with Crippen LogP contribution in [0.15, 0.2) is 47.4 Å². The summed E-state index contributed by atoms with van der Waals surface area (Å²) in [6, 6.07) is 11.0. The summed E-state index contributed by atoms with van der Waals surface area (Å²) in [5.74, 6) is 0.203. The van der Waals surface area contributed by atoms with Crippen LogP contribution < -0.4 is 4.52 Å². The second-order valence-corrected chi connectivity index (χ2v) is 21.8. The molecule has 0 bridgehead atoms. The number of aryl methyl sites for hydroxylation is 1. The van der Waals surface area contributed by atoms with E-state index in [1.807, 2.05) is 6.92 Å². The Morgan fingerprint density at radius 1 is 0.881 bits per heavy atom. The van der Waals surface area contributed by atoms with Gasteiger partial charge in [0.15, 0.2) is 8.32 Å². The summed E-state index contributed by atoms with van der Waals surface area (Å²) in [5.41, 5.74) is 0.102. The standard InChI is InChI=1S/C30H49O9PSSi/c1-22-13-16-25(17-14-22)41(33,34)35-21-26(31)23-15-18-27(24(19-23)20-36-42(11,12)30(8,9)10)37-40(32,38-28(2,3)4)39-29(5,6)7/h13-19,26,31H,20-21H2,1-12H3/t26-/m1/s1. The molecule has 0 aliphatic heterocycles. The molecule has 0 heterocycles. The molecule has 0 spiro atoms. The predicted octanol–water partition coefficient (Wildman–Crippen LogP) is 8.07. The molecule has 238 valence electrons. The molecule has 0 aromatic heterocycles. The third-order valence-electron chi connectivity index (χ3n) is 6.54. The van der Waals surface area contributed by atoms with Crippen LogP contribution in [0.3, 0.4) is 0 Å². The van der Waals surface area contributed by atoms with Crippen molar-refractivity contribution in [3.8, 4) is 5.75 Å². The van der Waals surface area contributed by atoms with Gasteiger partial charge in [0, 0.05) is 5.56 Å². The molecule has 1 atom stereocenters. The number of hydrogen-bond donors (Lipinski definition) is 1. The van der Waals surface area contributed by atoms with Crippen molar-refractivity contribution in [3.63, 3.8) is 0 Å². The zero-order valence-corrected chi connectivity index (χ0v) is 29.8. The van der Waals surface area contributed by atoms with Gasteiger partial charge in [-0.2, -0.15) is 8.42 Å². The van der Waals surface area contributed by atoms with E-state index in [2.05, 4.69) is 33.9 Å². The molecular formula is C30H49O9PSSi. The van der Waals surface area contributed by atoms with Gasteiger partial charge in [-0.05, 0) is 96.4 Å². The van der Waals surface area contributed by atoms with Crippen molar-refractivity contribution in [2.45, 2.75) is 116 Å². The van der Waals surface area contributed by atoms with Gasteiger partial charge in [0.1, 0.15) is 11.9 Å². The number of benzene rings is 2. The van der Waals surface area contributed by atoms with Gasteiger partial charge in [-0.25, -0.2) is 4.57 Å². The van der Waals surface area contributed by atoms with Gasteiger partial charge < -0.3 is 14.1 Å². The van der Waals surface area contributed by atoms with Crippen LogP contribution in [0.5, 0.6) is 5.75 Å². The van der Waals surface area contributed by atoms with Gasteiger partial charge in [-0.3, -0.25) is 13.2 Å². The fraction of sp³-hybridized carbons (Fsp3) is 0.600. The first kappa shape index (κ1) is 36.6. The van der Waals surface area contributed by atoms with Gasteiger partial charge in [0.25, 0.3) is 10.1 Å². The quantitative estimate of drug-likeness (QED) is 0.139. The monoisotopic (exact) mass is 644 g/mol. The third-order valence-corrected chi connectivity index (χ3v) is 14.3. The average molecular weight is 645 g/mol. The molecule has 0 saturated heterocycles. The van der Waals surface area contributed by atoms with Crippen molar-refractivity contribution in [2.75, 3.05) is 6.61 Å². The molecule has 12 heteroatoms. The smallest absolute Gasteiger partial charge is 0.412 e. The maximum atomic E-state index is 13.9. The molecular weight excluding hydrogens is 595 g/mol. The molecule has 0 aliphatic carbocycles. The molecule has 0 unspecified atom stereocenters. The second-order valence-electron chi connectivity index (χ2n) is 13.9. The minimum absolute atomic E-state index is 0.000886. The molecule has 42 heavy (non-hydrogen) atoms. The predicted molar refractivity (Wildman–Crippen MR) is 168 cm³/mol. The number of phosphoric ester groups is 1. The van der Waals surface area contributed by atoms with Gasteiger partial charge in [-0.15, -0.1) is 0 Å². The largest absolute Gasteiger partial charge is 0.531 e. The Hall–Kier alpha value is -1.56. The Morgan fingerprint density at radius 3 is 1.88 bits per heavy atom. The van der Waals surface area contributed by atoms with Crippen LogP contribution in [0.4, 0.5) is 0 Å². The summed E-state index contributed by atoms with van der Waals surface area (Å²) in [4.78, 5) is 0.000886. The van der Waals surface area contributed by atoms with E-state index in [4.69, 9.17) is 22.2 Å². The summed E-state index contributed by atoms with van der Waals surface area (Å²) >= 11 is 0. The highest BCUT2D eigenvalue weighted by Gasteiger charge is 2.40. The van der Waals surface area contributed by atoms with Crippen molar-refractivity contribution in [2.24, 2.45) is 0 Å². The van der Waals surface area contributed by atoms with Crippen LogP contribution in [0.25, 0.3) is 0 Å². The van der Waals surface area contributed by atoms with E-state index in [9.17, 15) is 18.1 Å². The minimum atomic E-state index is -4.13. The Balaban J connectivity index is 2.43. The highest BCUT2D eigenvalue weighted by molar-refractivity contribution is 7.86. The Bertz CT molecular complexity index is 1330. The van der Waals surface area contributed by atoms with Gasteiger partial charge in [-0.1, -0.05) is 44.5 Å². The number of aliphatic hydroxyl groups excluding tert-OH is 1. The van der Waals surface area contributed by atoms with Gasteiger partial charge in [0.05, 0.1) is 29.3 Å². The van der Waals surface area contributed by atoms with Crippen LogP contribution in [0.2, 0.25) is 18.1 Å². The normalized spacial score (nSPS) is 14.6. The SMILES string of the molecule is Cc1ccc(S(=O)(=O)OC[C@@H](O)c2ccc(OP(=O)(OC(C)(C)C)OC(C)(C)C)c(CO[Si](C)(C)C(C)(C)C)c2)cc1. The Morgan fingerprint density at radius 2 is 1.40 bits per heavy atom. The van der Waals surface area contributed by atoms with Crippen molar-refractivity contribution >= 4 is 26.3 Å². The van der Waals surface area contributed by atoms with E-state index in [0.717, 1.165) is 5.56 Å². The number of aliphatic hydroxyl groups is 1. The molecule has 0 radical (unpaired) electrons. The molecule has 2 aromatic rings. The lowest BCUT2D eigenvalue weighted by atomic mass is 10.1. The molecule has 9 nitrogen and oxygen atoms in total. The highest BCUT2D eigenvalue weighted by Crippen LogP contribution is 2.56. The minimum Gasteiger partial charge on any atom is -0.412 e. The van der Waals surface area contributed by atoms with Gasteiger partial charge >= 0.3 is 7.82 Å². The summed E-state index contributed by atoms with van der Waals surface area (Å²) in [7, 11) is -10.4. The molecule has 1 N–H and O–H groups in total. The lowest BCUT2D eigenvalue weighted by Gasteiger charge is -2.36. The van der Waals surface area contributed by atoms with E-state index >= 15 is 0 Å². The topological polar surface area (TPSA) is 118 Å². The van der Waals surface area contributed by atoms with Crippen LogP contribution >= 0.6 is 7.82 Å². The molecule has 2 rings (SSSR count). The van der Waals surface area contributed by atoms with Crippen LogP contribution in [-0.2, 0) is 38.9 Å². The van der Waals surface area contributed by atoms with Crippen LogP contribution in [0, 0.1) is 6.92 Å². The zero-order valence-electron chi connectivity index (χ0n) is 27.1. The maximum absolute atomic E-state index is 13.9. The molecule has 0 fully saturated rings. The lowest BCUT2D eigenvalue weighted by Crippen LogP contribution is -2.40. The first-order chi connectivity index (χ1) is 18.8. The fourth-order valence-corrected chi connectivity index (χ4v) is 7.09. The third kappa shape index (κ3) is 11.2. The molecule has 0 amide bonds. The number of rotatable bonds is 12. The van der Waals surface area contributed by atoms with Crippen LogP contribution in [0.1, 0.15) is 85.1 Å². The van der Waals surface area contributed by atoms with Gasteiger partial charge in [0.2, 0.25) is 0 Å². The fourth-order valence-electron chi connectivity index (χ4n) is 3.35. The second kappa shape index (κ2) is 13.2. The van der Waals surface area contributed by atoms with Crippen molar-refractivity contribution in [1.82, 2.24) is 0 Å². The Labute approximate surface area is 253 Å². The van der Waals surface area contributed by atoms with E-state index in [0.29, 0.717) is 11.1 Å². The first-order valence-corrected chi connectivity index (χ1v) is 19.7. The van der Waals surface area contributed by atoms with E-state index < -0.39 is 50.2 Å². The van der Waals surface area contributed by atoms with E-state index in [-0.39, 0.29) is 22.3 Å². The molecule has 2 aromatic carbocycles. The highest BCUT2D eigenvalue weighted by atomic mass is 32.2. The summed E-state index contributed by atoms with van der Waals surface area (Å²) < 4.78 is 68.4. The zero-order chi connectivity index (χ0) is 32.4. The molecule has 0 aliphatic rings. The molecule has 0 saturated carbocycles. The number of phosphoric acid groups is 1. The van der Waals surface area contributed by atoms with Crippen molar-refractivity contribution < 1.29 is 40.3 Å². The van der Waals surface area contributed by atoms with E-state index in [1.165, 1.54) is 12.1 Å².